The highest BCUT2D eigenvalue weighted by Crippen LogP contribution is 2.34. The molecule has 1 aromatic rings. The van der Waals surface area contributed by atoms with Gasteiger partial charge in [-0.3, -0.25) is 0 Å². The van der Waals surface area contributed by atoms with Crippen LogP contribution in [0.25, 0.3) is 0 Å². The lowest BCUT2D eigenvalue weighted by atomic mass is 9.82. The van der Waals surface area contributed by atoms with Gasteiger partial charge in [0.25, 0.3) is 0 Å². The molecule has 1 fully saturated rings. The van der Waals surface area contributed by atoms with Gasteiger partial charge in [-0.1, -0.05) is 13.0 Å². The Morgan fingerprint density at radius 3 is 2.95 bits per heavy atom. The molecule has 19 heavy (non-hydrogen) atoms. The van der Waals surface area contributed by atoms with Gasteiger partial charge in [0.05, 0.1) is 0 Å². The molecular weight excluding hydrogens is 241 g/mol. The highest BCUT2D eigenvalue weighted by Gasteiger charge is 2.30. The standard InChI is InChI=1S/C16H22FNO/c1-16(6-8-19-9-7-16)11-18-15-5-2-12-10-13(17)3-4-14(12)15/h3-4,10,15,18H,2,5-9,11H2,1H3. The van der Waals surface area contributed by atoms with E-state index < -0.39 is 0 Å². The predicted octanol–water partition coefficient (Wildman–Crippen LogP) is 3.22. The zero-order valence-corrected chi connectivity index (χ0v) is 11.5. The zero-order chi connectivity index (χ0) is 13.3. The molecule has 0 spiro atoms. The van der Waals surface area contributed by atoms with Gasteiger partial charge in [-0.25, -0.2) is 4.39 Å². The van der Waals surface area contributed by atoms with Crippen LogP contribution in [0.2, 0.25) is 0 Å². The van der Waals surface area contributed by atoms with E-state index >= 15 is 0 Å². The third-order valence-electron chi connectivity index (χ3n) is 4.66. The minimum Gasteiger partial charge on any atom is -0.381 e. The number of benzene rings is 1. The molecule has 2 nitrogen and oxygen atoms in total. The normalized spacial score (nSPS) is 25.3. The summed E-state index contributed by atoms with van der Waals surface area (Å²) in [6.45, 7) is 5.12. The van der Waals surface area contributed by atoms with E-state index in [1.807, 2.05) is 6.07 Å². The van der Waals surface area contributed by atoms with Crippen molar-refractivity contribution in [2.45, 2.75) is 38.6 Å². The van der Waals surface area contributed by atoms with Gasteiger partial charge in [-0.15, -0.1) is 0 Å². The minimum atomic E-state index is -0.115. The van der Waals surface area contributed by atoms with Crippen molar-refractivity contribution in [2.75, 3.05) is 19.8 Å². The molecule has 1 heterocycles. The van der Waals surface area contributed by atoms with Gasteiger partial charge in [0.15, 0.2) is 0 Å². The van der Waals surface area contributed by atoms with Crippen LogP contribution in [-0.4, -0.2) is 19.8 Å². The summed E-state index contributed by atoms with van der Waals surface area (Å²) in [6.07, 6.45) is 4.34. The summed E-state index contributed by atoms with van der Waals surface area (Å²) in [7, 11) is 0. The fourth-order valence-corrected chi connectivity index (χ4v) is 3.21. The topological polar surface area (TPSA) is 21.3 Å². The van der Waals surface area contributed by atoms with Crippen LogP contribution in [0.5, 0.6) is 0 Å². The quantitative estimate of drug-likeness (QED) is 0.904. The molecule has 1 aromatic carbocycles. The maximum Gasteiger partial charge on any atom is 0.123 e. The monoisotopic (exact) mass is 263 g/mol. The van der Waals surface area contributed by atoms with E-state index in [4.69, 9.17) is 4.74 Å². The summed E-state index contributed by atoms with van der Waals surface area (Å²) >= 11 is 0. The molecule has 2 aliphatic rings. The van der Waals surface area contributed by atoms with Crippen LogP contribution in [0.3, 0.4) is 0 Å². The van der Waals surface area contributed by atoms with Crippen molar-refractivity contribution < 1.29 is 9.13 Å². The van der Waals surface area contributed by atoms with Crippen LogP contribution in [0.4, 0.5) is 4.39 Å². The van der Waals surface area contributed by atoms with Gasteiger partial charge in [-0.2, -0.15) is 0 Å². The van der Waals surface area contributed by atoms with E-state index in [0.29, 0.717) is 11.5 Å². The summed E-state index contributed by atoms with van der Waals surface area (Å²) in [6, 6.07) is 5.61. The maximum atomic E-state index is 13.2. The molecule has 1 atom stereocenters. The third kappa shape index (κ3) is 2.82. The van der Waals surface area contributed by atoms with Crippen molar-refractivity contribution in [3.8, 4) is 0 Å². The first-order valence-electron chi connectivity index (χ1n) is 7.26. The number of rotatable bonds is 3. The van der Waals surface area contributed by atoms with E-state index in [2.05, 4.69) is 12.2 Å². The van der Waals surface area contributed by atoms with Crippen LogP contribution in [0.15, 0.2) is 18.2 Å². The summed E-state index contributed by atoms with van der Waals surface area (Å²) in [5, 5.41) is 3.69. The lowest BCUT2D eigenvalue weighted by Gasteiger charge is -2.34. The Kier molecular flexibility index (Phi) is 3.59. The van der Waals surface area contributed by atoms with Gasteiger partial charge in [0.1, 0.15) is 5.82 Å². The second kappa shape index (κ2) is 5.22. The Morgan fingerprint density at radius 2 is 2.16 bits per heavy atom. The highest BCUT2D eigenvalue weighted by molar-refractivity contribution is 5.34. The van der Waals surface area contributed by atoms with Crippen LogP contribution in [0, 0.1) is 11.2 Å². The molecule has 3 rings (SSSR count). The molecule has 0 saturated carbocycles. The van der Waals surface area contributed by atoms with Crippen molar-refractivity contribution in [1.82, 2.24) is 5.32 Å². The number of hydrogen-bond donors (Lipinski definition) is 1. The number of ether oxygens (including phenoxy) is 1. The van der Waals surface area contributed by atoms with Crippen LogP contribution < -0.4 is 5.32 Å². The number of fused-ring (bicyclic) bond motifs is 1. The molecule has 0 radical (unpaired) electrons. The molecule has 0 aromatic heterocycles. The highest BCUT2D eigenvalue weighted by atomic mass is 19.1. The fourth-order valence-electron chi connectivity index (χ4n) is 3.21. The van der Waals surface area contributed by atoms with Crippen molar-refractivity contribution in [3.05, 3.63) is 35.1 Å². The molecular formula is C16H22FNO. The second-order valence-corrected chi connectivity index (χ2v) is 6.24. The van der Waals surface area contributed by atoms with Crippen LogP contribution >= 0.6 is 0 Å². The summed E-state index contributed by atoms with van der Waals surface area (Å²) < 4.78 is 18.6. The summed E-state index contributed by atoms with van der Waals surface area (Å²) in [4.78, 5) is 0. The number of hydrogen-bond acceptors (Lipinski definition) is 2. The van der Waals surface area contributed by atoms with E-state index in [-0.39, 0.29) is 5.82 Å². The maximum absolute atomic E-state index is 13.2. The van der Waals surface area contributed by atoms with E-state index in [0.717, 1.165) is 45.4 Å². The smallest absolute Gasteiger partial charge is 0.123 e. The van der Waals surface area contributed by atoms with E-state index in [1.165, 1.54) is 11.1 Å². The largest absolute Gasteiger partial charge is 0.381 e. The zero-order valence-electron chi connectivity index (χ0n) is 11.5. The molecule has 1 aliphatic carbocycles. The number of aryl methyl sites for hydroxylation is 1. The van der Waals surface area contributed by atoms with E-state index in [9.17, 15) is 4.39 Å². The SMILES string of the molecule is CC1(CNC2CCc3cc(F)ccc32)CCOCC1. The molecule has 104 valence electrons. The van der Waals surface area contributed by atoms with Gasteiger partial charge in [-0.05, 0) is 54.4 Å². The molecule has 1 saturated heterocycles. The molecule has 1 unspecified atom stereocenters. The minimum absolute atomic E-state index is 0.115. The lowest BCUT2D eigenvalue weighted by Crippen LogP contribution is -2.37. The molecule has 3 heteroatoms. The fraction of sp³-hybridized carbons (Fsp3) is 0.625. The average molecular weight is 263 g/mol. The van der Waals surface area contributed by atoms with Crippen molar-refractivity contribution in [2.24, 2.45) is 5.41 Å². The Morgan fingerprint density at radius 1 is 1.37 bits per heavy atom. The van der Waals surface area contributed by atoms with Crippen molar-refractivity contribution in [3.63, 3.8) is 0 Å². The number of nitrogens with one attached hydrogen (secondary N) is 1. The van der Waals surface area contributed by atoms with Crippen LogP contribution in [-0.2, 0) is 11.2 Å². The third-order valence-corrected chi connectivity index (χ3v) is 4.66. The Balaban J connectivity index is 1.63. The van der Waals surface area contributed by atoms with E-state index in [1.54, 1.807) is 12.1 Å². The predicted molar refractivity (Wildman–Crippen MR) is 73.6 cm³/mol. The van der Waals surface area contributed by atoms with Crippen molar-refractivity contribution >= 4 is 0 Å². The van der Waals surface area contributed by atoms with Gasteiger partial charge < -0.3 is 10.1 Å². The van der Waals surface area contributed by atoms with Gasteiger partial charge in [0.2, 0.25) is 0 Å². The second-order valence-electron chi connectivity index (χ2n) is 6.24. The van der Waals surface area contributed by atoms with Gasteiger partial charge >= 0.3 is 0 Å². The Bertz CT molecular complexity index is 454. The molecule has 1 N–H and O–H groups in total. The number of halogens is 1. The van der Waals surface area contributed by atoms with Crippen molar-refractivity contribution in [1.29, 1.82) is 0 Å². The summed E-state index contributed by atoms with van der Waals surface area (Å²) in [5.74, 6) is -0.115. The first kappa shape index (κ1) is 13.1. The first-order chi connectivity index (χ1) is 9.16. The van der Waals surface area contributed by atoms with Crippen LogP contribution in [0.1, 0.15) is 43.4 Å². The van der Waals surface area contributed by atoms with Gasteiger partial charge in [0, 0.05) is 25.8 Å². The lowest BCUT2D eigenvalue weighted by molar-refractivity contribution is 0.0229. The first-order valence-corrected chi connectivity index (χ1v) is 7.26. The molecule has 0 bridgehead atoms. The molecule has 0 amide bonds. The Hall–Kier alpha value is -0.930. The summed E-state index contributed by atoms with van der Waals surface area (Å²) in [5.41, 5.74) is 2.81. The molecule has 1 aliphatic heterocycles. The average Bonchev–Trinajstić information content (AvgIpc) is 2.79. The Labute approximate surface area is 114 Å².